The molecule has 0 spiro atoms. The third kappa shape index (κ3) is 3.35. The molecule has 1 aliphatic heterocycles. The van der Waals surface area contributed by atoms with E-state index in [0.717, 1.165) is 37.3 Å². The van der Waals surface area contributed by atoms with E-state index < -0.39 is 29.3 Å². The summed E-state index contributed by atoms with van der Waals surface area (Å²) in [5, 5.41) is 22.8. The van der Waals surface area contributed by atoms with E-state index in [0.29, 0.717) is 5.82 Å². The number of benzene rings is 1. The Morgan fingerprint density at radius 1 is 1.29 bits per heavy atom. The van der Waals surface area contributed by atoms with Gasteiger partial charge in [-0.15, -0.1) is 10.2 Å². The molecule has 9 heteroatoms. The predicted octanol–water partition coefficient (Wildman–Crippen LogP) is 1.04. The van der Waals surface area contributed by atoms with E-state index in [1.807, 2.05) is 4.57 Å². The highest BCUT2D eigenvalue weighted by atomic mass is 19.1. The van der Waals surface area contributed by atoms with E-state index in [9.17, 15) is 18.7 Å². The SMILES string of the molecule is O=C(NCc1nnc2n1CCC2)NCC(O)c1c(F)cccc1F. The fourth-order valence-corrected chi connectivity index (χ4v) is 2.68. The highest BCUT2D eigenvalue weighted by Crippen LogP contribution is 2.19. The number of halogens is 2. The normalized spacial score (nSPS) is 14.3. The van der Waals surface area contributed by atoms with Crippen molar-refractivity contribution < 1.29 is 18.7 Å². The first-order valence-electron chi connectivity index (χ1n) is 7.61. The summed E-state index contributed by atoms with van der Waals surface area (Å²) < 4.78 is 29.0. The second-order valence-corrected chi connectivity index (χ2v) is 5.50. The zero-order valence-corrected chi connectivity index (χ0v) is 12.8. The number of amides is 2. The molecular weight excluding hydrogens is 320 g/mol. The molecule has 0 saturated carbocycles. The van der Waals surface area contributed by atoms with Gasteiger partial charge < -0.3 is 20.3 Å². The van der Waals surface area contributed by atoms with Crippen LogP contribution in [0.15, 0.2) is 18.2 Å². The van der Waals surface area contributed by atoms with E-state index in [1.54, 1.807) is 0 Å². The Morgan fingerprint density at radius 2 is 2.04 bits per heavy atom. The van der Waals surface area contributed by atoms with Crippen molar-refractivity contribution in [1.82, 2.24) is 25.4 Å². The van der Waals surface area contributed by atoms with Crippen molar-refractivity contribution in [3.63, 3.8) is 0 Å². The van der Waals surface area contributed by atoms with Gasteiger partial charge in [0.1, 0.15) is 23.6 Å². The molecule has 3 rings (SSSR count). The van der Waals surface area contributed by atoms with Crippen molar-refractivity contribution in [2.24, 2.45) is 0 Å². The van der Waals surface area contributed by atoms with Gasteiger partial charge in [0.2, 0.25) is 0 Å². The number of urea groups is 1. The molecule has 2 aromatic rings. The number of nitrogens with zero attached hydrogens (tertiary/aromatic N) is 3. The van der Waals surface area contributed by atoms with Crippen LogP contribution >= 0.6 is 0 Å². The molecule has 7 nitrogen and oxygen atoms in total. The van der Waals surface area contributed by atoms with Gasteiger partial charge in [0.15, 0.2) is 5.82 Å². The number of carbonyl (C=O) groups excluding carboxylic acids is 1. The molecule has 1 aromatic carbocycles. The molecule has 1 aliphatic rings. The van der Waals surface area contributed by atoms with Gasteiger partial charge in [0, 0.05) is 19.5 Å². The molecule has 128 valence electrons. The number of aliphatic hydroxyl groups is 1. The quantitative estimate of drug-likeness (QED) is 0.760. The van der Waals surface area contributed by atoms with Crippen LogP contribution in [0.25, 0.3) is 0 Å². The largest absolute Gasteiger partial charge is 0.386 e. The zero-order valence-electron chi connectivity index (χ0n) is 12.8. The fourth-order valence-electron chi connectivity index (χ4n) is 2.68. The smallest absolute Gasteiger partial charge is 0.315 e. The van der Waals surface area contributed by atoms with Gasteiger partial charge in [-0.05, 0) is 18.6 Å². The maximum atomic E-state index is 13.5. The van der Waals surface area contributed by atoms with Crippen LogP contribution in [-0.2, 0) is 19.5 Å². The van der Waals surface area contributed by atoms with Crippen LogP contribution in [-0.4, -0.2) is 32.4 Å². The molecule has 0 saturated heterocycles. The average molecular weight is 337 g/mol. The van der Waals surface area contributed by atoms with Crippen LogP contribution in [0.3, 0.4) is 0 Å². The zero-order chi connectivity index (χ0) is 17.1. The minimum absolute atomic E-state index is 0.184. The summed E-state index contributed by atoms with van der Waals surface area (Å²) in [6.07, 6.45) is 0.401. The summed E-state index contributed by atoms with van der Waals surface area (Å²) in [4.78, 5) is 11.8. The molecule has 1 atom stereocenters. The highest BCUT2D eigenvalue weighted by molar-refractivity contribution is 5.73. The van der Waals surface area contributed by atoms with Crippen molar-refractivity contribution in [2.45, 2.75) is 32.0 Å². The number of rotatable bonds is 5. The Hall–Kier alpha value is -2.55. The number of aryl methyl sites for hydroxylation is 1. The van der Waals surface area contributed by atoms with Crippen molar-refractivity contribution in [2.75, 3.05) is 6.54 Å². The fraction of sp³-hybridized carbons (Fsp3) is 0.400. The van der Waals surface area contributed by atoms with Gasteiger partial charge in [-0.25, -0.2) is 13.6 Å². The maximum Gasteiger partial charge on any atom is 0.315 e. The van der Waals surface area contributed by atoms with Crippen LogP contribution in [0.1, 0.15) is 29.7 Å². The van der Waals surface area contributed by atoms with Gasteiger partial charge >= 0.3 is 6.03 Å². The Labute approximate surface area is 136 Å². The summed E-state index contributed by atoms with van der Waals surface area (Å²) in [5.41, 5.74) is -0.465. The molecule has 0 fully saturated rings. The number of aliphatic hydroxyl groups excluding tert-OH is 1. The van der Waals surface area contributed by atoms with Crippen molar-refractivity contribution in [1.29, 1.82) is 0 Å². The van der Waals surface area contributed by atoms with E-state index in [4.69, 9.17) is 0 Å². The van der Waals surface area contributed by atoms with Crippen LogP contribution in [0.4, 0.5) is 13.6 Å². The summed E-state index contributed by atoms with van der Waals surface area (Å²) in [6.45, 7) is 0.691. The second kappa shape index (κ2) is 6.91. The standard InChI is InChI=1S/C15H17F2N5O2/c16-9-3-1-4-10(17)14(9)11(23)7-18-15(24)19-8-13-21-20-12-5-2-6-22(12)13/h1,3-4,11,23H,2,5-8H2,(H2,18,19,24). The molecule has 3 N–H and O–H groups in total. The van der Waals surface area contributed by atoms with Gasteiger partial charge in [-0.3, -0.25) is 0 Å². The molecule has 1 unspecified atom stereocenters. The van der Waals surface area contributed by atoms with Crippen LogP contribution < -0.4 is 10.6 Å². The minimum atomic E-state index is -1.48. The lowest BCUT2D eigenvalue weighted by Crippen LogP contribution is -2.38. The number of fused-ring (bicyclic) bond motifs is 1. The summed E-state index contributed by atoms with van der Waals surface area (Å²) >= 11 is 0. The third-order valence-corrected chi connectivity index (χ3v) is 3.88. The Bertz CT molecular complexity index is 729. The van der Waals surface area contributed by atoms with Crippen molar-refractivity contribution >= 4 is 6.03 Å². The molecule has 2 amide bonds. The highest BCUT2D eigenvalue weighted by Gasteiger charge is 2.19. The molecule has 2 heterocycles. The van der Waals surface area contributed by atoms with Gasteiger partial charge in [-0.1, -0.05) is 6.07 Å². The number of hydrogen-bond donors (Lipinski definition) is 3. The minimum Gasteiger partial charge on any atom is -0.386 e. The number of carbonyl (C=O) groups is 1. The Morgan fingerprint density at radius 3 is 2.79 bits per heavy atom. The Kier molecular flexibility index (Phi) is 4.70. The molecular formula is C15H17F2N5O2. The number of aromatic nitrogens is 3. The number of nitrogens with one attached hydrogen (secondary N) is 2. The molecule has 24 heavy (non-hydrogen) atoms. The first kappa shape index (κ1) is 16.3. The van der Waals surface area contributed by atoms with E-state index in [2.05, 4.69) is 20.8 Å². The van der Waals surface area contributed by atoms with E-state index >= 15 is 0 Å². The van der Waals surface area contributed by atoms with Gasteiger partial charge in [-0.2, -0.15) is 0 Å². The first-order chi connectivity index (χ1) is 11.6. The molecule has 1 aromatic heterocycles. The summed E-state index contributed by atoms with van der Waals surface area (Å²) in [6, 6.07) is 2.74. The lowest BCUT2D eigenvalue weighted by Gasteiger charge is -2.14. The second-order valence-electron chi connectivity index (χ2n) is 5.50. The van der Waals surface area contributed by atoms with E-state index in [-0.39, 0.29) is 13.1 Å². The summed E-state index contributed by atoms with van der Waals surface area (Å²) in [7, 11) is 0. The van der Waals surface area contributed by atoms with Gasteiger partial charge in [0.05, 0.1) is 12.1 Å². The summed E-state index contributed by atoms with van der Waals surface area (Å²) in [5.74, 6) is -0.163. The predicted molar refractivity (Wildman–Crippen MR) is 79.9 cm³/mol. The maximum absolute atomic E-state index is 13.5. The molecule has 0 bridgehead atoms. The lowest BCUT2D eigenvalue weighted by molar-refractivity contribution is 0.164. The first-order valence-corrected chi connectivity index (χ1v) is 7.61. The molecule has 0 aliphatic carbocycles. The van der Waals surface area contributed by atoms with Crippen LogP contribution in [0.2, 0.25) is 0 Å². The lowest BCUT2D eigenvalue weighted by atomic mass is 10.1. The van der Waals surface area contributed by atoms with E-state index in [1.165, 1.54) is 6.07 Å². The topological polar surface area (TPSA) is 92.1 Å². The van der Waals surface area contributed by atoms with Crippen molar-refractivity contribution in [3.05, 3.63) is 47.0 Å². The molecule has 0 radical (unpaired) electrons. The number of hydrogen-bond acceptors (Lipinski definition) is 4. The monoisotopic (exact) mass is 337 g/mol. The van der Waals surface area contributed by atoms with Crippen molar-refractivity contribution in [3.8, 4) is 0 Å². The van der Waals surface area contributed by atoms with Gasteiger partial charge in [0.25, 0.3) is 0 Å². The Balaban J connectivity index is 1.50. The third-order valence-electron chi connectivity index (χ3n) is 3.88. The van der Waals surface area contributed by atoms with Crippen LogP contribution in [0, 0.1) is 11.6 Å². The van der Waals surface area contributed by atoms with Crippen LogP contribution in [0.5, 0.6) is 0 Å². The average Bonchev–Trinajstić information content (AvgIpc) is 3.14.